The van der Waals surface area contributed by atoms with Crippen LogP contribution in [0.25, 0.3) is 57.3 Å². The molecule has 6 aromatic carbocycles. The van der Waals surface area contributed by atoms with Crippen LogP contribution in [-0.4, -0.2) is 9.97 Å². The second-order valence-corrected chi connectivity index (χ2v) is 11.5. The second kappa shape index (κ2) is 12.2. The Labute approximate surface area is 267 Å². The zero-order valence-electron chi connectivity index (χ0n) is 25.1. The van der Waals surface area contributed by atoms with Gasteiger partial charge in [0.25, 0.3) is 0 Å². The topological polar surface area (TPSA) is 52.1 Å². The predicted molar refractivity (Wildman–Crippen MR) is 186 cm³/mol. The zero-order chi connectivity index (χ0) is 30.7. The fourth-order valence-corrected chi connectivity index (χ4v) is 5.84. The van der Waals surface area contributed by atoms with E-state index >= 15 is 0 Å². The number of aromatic nitrogens is 2. The van der Waals surface area contributed by atoms with Crippen molar-refractivity contribution in [3.8, 4) is 22.9 Å². The Hall–Kier alpha value is -6.00. The van der Waals surface area contributed by atoms with Gasteiger partial charge in [-0.3, -0.25) is 0 Å². The summed E-state index contributed by atoms with van der Waals surface area (Å²) in [4.78, 5) is 9.56. The molecule has 8 rings (SSSR count). The Morgan fingerprint density at radius 3 is 1.24 bits per heavy atom. The molecule has 0 amide bonds. The minimum Gasteiger partial charge on any atom is -0.436 e. The lowest BCUT2D eigenvalue weighted by molar-refractivity contribution is 0.616. The molecule has 2 aromatic heterocycles. The molecule has 0 saturated carbocycles. The lowest BCUT2D eigenvalue weighted by Crippen LogP contribution is -1.87. The molecule has 4 heteroatoms. The lowest BCUT2D eigenvalue weighted by atomic mass is 10.0. The quantitative estimate of drug-likeness (QED) is 0.164. The van der Waals surface area contributed by atoms with Gasteiger partial charge in [0.1, 0.15) is 11.0 Å². The van der Waals surface area contributed by atoms with Crippen molar-refractivity contribution >= 4 is 34.4 Å². The average Bonchev–Trinajstić information content (AvgIpc) is 3.75. The van der Waals surface area contributed by atoms with E-state index in [1.54, 1.807) is 0 Å². The normalized spacial score (nSPS) is 11.6. The summed E-state index contributed by atoms with van der Waals surface area (Å²) in [5, 5.41) is 0. The number of rotatable bonds is 8. The van der Waals surface area contributed by atoms with Crippen LogP contribution in [0.3, 0.4) is 0 Å². The van der Waals surface area contributed by atoms with E-state index in [1.165, 1.54) is 11.1 Å². The van der Waals surface area contributed by atoms with Crippen LogP contribution in [-0.2, 0) is 12.8 Å². The van der Waals surface area contributed by atoms with Crippen LogP contribution in [0.2, 0.25) is 0 Å². The molecule has 0 fully saturated rings. The van der Waals surface area contributed by atoms with Crippen LogP contribution < -0.4 is 0 Å². The van der Waals surface area contributed by atoms with Gasteiger partial charge in [0.05, 0.1) is 0 Å². The van der Waals surface area contributed by atoms with Crippen molar-refractivity contribution in [2.45, 2.75) is 12.8 Å². The molecule has 0 radical (unpaired) electrons. The van der Waals surface area contributed by atoms with Gasteiger partial charge >= 0.3 is 0 Å². The molecule has 8 aromatic rings. The molecule has 220 valence electrons. The molecule has 4 nitrogen and oxygen atoms in total. The Morgan fingerprint density at radius 2 is 0.826 bits per heavy atom. The van der Waals surface area contributed by atoms with Crippen molar-refractivity contribution in [1.82, 2.24) is 9.97 Å². The number of para-hydroxylation sites is 2. The maximum absolute atomic E-state index is 6.28. The van der Waals surface area contributed by atoms with Gasteiger partial charge in [-0.15, -0.1) is 0 Å². The summed E-state index contributed by atoms with van der Waals surface area (Å²) in [5.74, 6) is 1.26. The Balaban J connectivity index is 0.967. The van der Waals surface area contributed by atoms with E-state index in [9.17, 15) is 0 Å². The number of fused-ring (bicyclic) bond motifs is 2. The molecule has 0 bridgehead atoms. The summed E-state index contributed by atoms with van der Waals surface area (Å²) in [7, 11) is 0. The summed E-state index contributed by atoms with van der Waals surface area (Å²) in [6.45, 7) is 0. The molecule has 46 heavy (non-hydrogen) atoms. The van der Waals surface area contributed by atoms with Crippen LogP contribution in [0, 0.1) is 0 Å². The van der Waals surface area contributed by atoms with Gasteiger partial charge in [0.15, 0.2) is 11.2 Å². The number of hydrogen-bond donors (Lipinski definition) is 0. The molecule has 0 unspecified atom stereocenters. The van der Waals surface area contributed by atoms with Crippen molar-refractivity contribution in [1.29, 1.82) is 0 Å². The molecule has 0 aliphatic rings. The van der Waals surface area contributed by atoms with Gasteiger partial charge in [0, 0.05) is 35.1 Å². The standard InChI is InChI=1S/C42H30N2O2/c1-3-9-31(10-4-1)27-35-13-7-15-37-39(35)45-41(43-37)33-23-19-29(20-24-33)17-18-30-21-25-34(26-22-30)42-44-38-16-8-14-36(40(38)46-42)28-32-11-5-2-6-12-32/h1-26H,27-28H2. The minimum absolute atomic E-state index is 0.632. The van der Waals surface area contributed by atoms with E-state index in [2.05, 4.69) is 121 Å². The number of benzene rings is 6. The smallest absolute Gasteiger partial charge is 0.227 e. The van der Waals surface area contributed by atoms with Crippen LogP contribution >= 0.6 is 0 Å². The van der Waals surface area contributed by atoms with E-state index in [-0.39, 0.29) is 0 Å². The molecular formula is C42H30N2O2. The summed E-state index contributed by atoms with van der Waals surface area (Å²) < 4.78 is 12.6. The first-order chi connectivity index (χ1) is 22.7. The van der Waals surface area contributed by atoms with Crippen molar-refractivity contribution in [3.63, 3.8) is 0 Å². The van der Waals surface area contributed by atoms with E-state index < -0.39 is 0 Å². The van der Waals surface area contributed by atoms with E-state index in [0.29, 0.717) is 11.8 Å². The largest absolute Gasteiger partial charge is 0.436 e. The fourth-order valence-electron chi connectivity index (χ4n) is 5.84. The number of oxazole rings is 2. The van der Waals surface area contributed by atoms with Gasteiger partial charge in [-0.2, -0.15) is 0 Å². The molecule has 0 aliphatic carbocycles. The highest BCUT2D eigenvalue weighted by molar-refractivity contribution is 5.81. The first-order valence-corrected chi connectivity index (χ1v) is 15.5. The van der Waals surface area contributed by atoms with Crippen LogP contribution in [0.4, 0.5) is 0 Å². The first-order valence-electron chi connectivity index (χ1n) is 15.5. The monoisotopic (exact) mass is 594 g/mol. The van der Waals surface area contributed by atoms with Gasteiger partial charge in [-0.25, -0.2) is 9.97 Å². The molecule has 0 N–H and O–H groups in total. The van der Waals surface area contributed by atoms with Crippen molar-refractivity contribution in [2.75, 3.05) is 0 Å². The Morgan fingerprint density at radius 1 is 0.413 bits per heavy atom. The highest BCUT2D eigenvalue weighted by Crippen LogP contribution is 2.30. The lowest BCUT2D eigenvalue weighted by Gasteiger charge is -2.02. The van der Waals surface area contributed by atoms with Crippen molar-refractivity contribution in [2.24, 2.45) is 0 Å². The van der Waals surface area contributed by atoms with Gasteiger partial charge in [-0.05, 0) is 58.7 Å². The van der Waals surface area contributed by atoms with E-state index in [1.807, 2.05) is 36.4 Å². The second-order valence-electron chi connectivity index (χ2n) is 11.5. The van der Waals surface area contributed by atoms with E-state index in [4.69, 9.17) is 18.8 Å². The third-order valence-corrected chi connectivity index (χ3v) is 8.25. The predicted octanol–water partition coefficient (Wildman–Crippen LogP) is 10.7. The minimum atomic E-state index is 0.632. The first kappa shape index (κ1) is 27.5. The highest BCUT2D eigenvalue weighted by atomic mass is 16.4. The average molecular weight is 595 g/mol. The third kappa shape index (κ3) is 5.76. The van der Waals surface area contributed by atoms with Gasteiger partial charge < -0.3 is 8.83 Å². The van der Waals surface area contributed by atoms with Crippen molar-refractivity contribution in [3.05, 3.63) is 179 Å². The molecule has 0 aliphatic heterocycles. The van der Waals surface area contributed by atoms with Crippen LogP contribution in [0.5, 0.6) is 0 Å². The summed E-state index contributed by atoms with van der Waals surface area (Å²) in [6.07, 6.45) is 5.83. The van der Waals surface area contributed by atoms with Gasteiger partial charge in [0.2, 0.25) is 11.8 Å². The van der Waals surface area contributed by atoms with Crippen molar-refractivity contribution < 1.29 is 8.83 Å². The number of nitrogens with zero attached hydrogens (tertiary/aromatic N) is 2. The molecular weight excluding hydrogens is 564 g/mol. The maximum Gasteiger partial charge on any atom is 0.227 e. The summed E-state index contributed by atoms with van der Waals surface area (Å²) in [6, 6.07) is 49.8. The SMILES string of the molecule is C(=Cc1ccc(-c2nc3cccc(Cc4ccccc4)c3o2)cc1)c1ccc(-c2nc3cccc(Cc4ccccc4)c3o2)cc1. The maximum atomic E-state index is 6.28. The Kier molecular flexibility index (Phi) is 7.29. The Bertz CT molecular complexity index is 2110. The summed E-state index contributed by atoms with van der Waals surface area (Å²) >= 11 is 0. The molecule has 0 saturated heterocycles. The molecule has 0 atom stereocenters. The van der Waals surface area contributed by atoms with Crippen LogP contribution in [0.15, 0.2) is 154 Å². The van der Waals surface area contributed by atoms with E-state index in [0.717, 1.165) is 68.4 Å². The third-order valence-electron chi connectivity index (χ3n) is 8.25. The van der Waals surface area contributed by atoms with Gasteiger partial charge in [-0.1, -0.05) is 121 Å². The highest BCUT2D eigenvalue weighted by Gasteiger charge is 2.13. The molecule has 0 spiro atoms. The zero-order valence-corrected chi connectivity index (χ0v) is 25.1. The number of hydrogen-bond acceptors (Lipinski definition) is 4. The van der Waals surface area contributed by atoms with Crippen LogP contribution in [0.1, 0.15) is 33.4 Å². The summed E-state index contributed by atoms with van der Waals surface area (Å²) in [5.41, 5.74) is 12.3. The fraction of sp³-hybridized carbons (Fsp3) is 0.0476. The molecule has 2 heterocycles.